The van der Waals surface area contributed by atoms with E-state index in [0.29, 0.717) is 23.1 Å². The van der Waals surface area contributed by atoms with Crippen molar-refractivity contribution < 1.29 is 8.78 Å². The number of hydrogen-bond acceptors (Lipinski definition) is 2. The number of halogens is 3. The number of likely N-dealkylation sites (tertiary alicyclic amines) is 1. The van der Waals surface area contributed by atoms with Gasteiger partial charge >= 0.3 is 0 Å². The smallest absolute Gasteiger partial charge is 0.144 e. The van der Waals surface area contributed by atoms with E-state index in [9.17, 15) is 8.78 Å². The maximum absolute atomic E-state index is 14.1. The summed E-state index contributed by atoms with van der Waals surface area (Å²) >= 11 is 3.14. The number of nitrogens with zero attached hydrogens (tertiary/aromatic N) is 1. The van der Waals surface area contributed by atoms with Crippen LogP contribution >= 0.6 is 15.9 Å². The number of nitrogens with one attached hydrogen (secondary N) is 1. The minimum Gasteiger partial charge on any atom is -0.313 e. The normalized spacial score (nSPS) is 20.2. The summed E-state index contributed by atoms with van der Waals surface area (Å²) in [5.74, 6) is -0.937. The molecular formula is C16H23BrF2N2. The van der Waals surface area contributed by atoms with E-state index in [1.165, 1.54) is 18.6 Å². The molecule has 1 fully saturated rings. The summed E-state index contributed by atoms with van der Waals surface area (Å²) in [7, 11) is 0. The third kappa shape index (κ3) is 4.47. The average molecular weight is 361 g/mol. The van der Waals surface area contributed by atoms with Crippen molar-refractivity contribution in [3.63, 3.8) is 0 Å². The van der Waals surface area contributed by atoms with Crippen LogP contribution in [0.3, 0.4) is 0 Å². The largest absolute Gasteiger partial charge is 0.313 e. The van der Waals surface area contributed by atoms with Crippen molar-refractivity contribution in [1.82, 2.24) is 10.2 Å². The van der Waals surface area contributed by atoms with Crippen LogP contribution in [0.15, 0.2) is 16.6 Å². The zero-order valence-electron chi connectivity index (χ0n) is 12.6. The minimum absolute atomic E-state index is 0.167. The molecule has 2 rings (SSSR count). The molecule has 2 nitrogen and oxygen atoms in total. The quantitative estimate of drug-likeness (QED) is 0.795. The van der Waals surface area contributed by atoms with Crippen molar-refractivity contribution >= 4 is 15.9 Å². The van der Waals surface area contributed by atoms with Gasteiger partial charge in [-0.15, -0.1) is 0 Å². The molecule has 0 saturated carbocycles. The fraction of sp³-hybridized carbons (Fsp3) is 0.625. The number of rotatable bonds is 5. The SMILES string of the molecule is CC(C)NCC1CCCCN1Cc1c(F)ccc(Br)c1F. The lowest BCUT2D eigenvalue weighted by atomic mass is 10.0. The Hall–Kier alpha value is -0.520. The van der Waals surface area contributed by atoms with Gasteiger partial charge in [0.2, 0.25) is 0 Å². The molecule has 1 atom stereocenters. The molecule has 1 unspecified atom stereocenters. The fourth-order valence-corrected chi connectivity index (χ4v) is 3.16. The van der Waals surface area contributed by atoms with E-state index in [4.69, 9.17) is 0 Å². The van der Waals surface area contributed by atoms with Gasteiger partial charge in [-0.05, 0) is 47.4 Å². The van der Waals surface area contributed by atoms with Crippen molar-refractivity contribution in [2.75, 3.05) is 13.1 Å². The number of benzene rings is 1. The zero-order valence-corrected chi connectivity index (χ0v) is 14.2. The van der Waals surface area contributed by atoms with E-state index in [1.807, 2.05) is 0 Å². The Labute approximate surface area is 134 Å². The Morgan fingerprint density at radius 2 is 2.10 bits per heavy atom. The lowest BCUT2D eigenvalue weighted by Gasteiger charge is -2.36. The summed E-state index contributed by atoms with van der Waals surface area (Å²) in [6.45, 7) is 6.33. The second-order valence-corrected chi connectivity index (χ2v) is 6.86. The minimum atomic E-state index is -0.476. The molecule has 118 valence electrons. The lowest BCUT2D eigenvalue weighted by molar-refractivity contribution is 0.132. The van der Waals surface area contributed by atoms with Crippen LogP contribution in [0, 0.1) is 11.6 Å². The zero-order chi connectivity index (χ0) is 15.4. The van der Waals surface area contributed by atoms with Gasteiger partial charge in [0.25, 0.3) is 0 Å². The first-order chi connectivity index (χ1) is 9.99. The highest BCUT2D eigenvalue weighted by atomic mass is 79.9. The van der Waals surface area contributed by atoms with E-state index in [-0.39, 0.29) is 5.56 Å². The van der Waals surface area contributed by atoms with Gasteiger partial charge in [0.15, 0.2) is 0 Å². The highest BCUT2D eigenvalue weighted by molar-refractivity contribution is 9.10. The topological polar surface area (TPSA) is 15.3 Å². The van der Waals surface area contributed by atoms with Gasteiger partial charge in [-0.3, -0.25) is 4.90 Å². The van der Waals surface area contributed by atoms with Gasteiger partial charge in [0, 0.05) is 30.7 Å². The molecule has 0 amide bonds. The van der Waals surface area contributed by atoms with Crippen LogP contribution in [0.5, 0.6) is 0 Å². The second kappa shape index (κ2) is 7.65. The standard InChI is InChI=1S/C16H23BrF2N2/c1-11(2)20-9-12-5-3-4-8-21(12)10-13-15(18)7-6-14(17)16(13)19/h6-7,11-12,20H,3-5,8-10H2,1-2H3. The monoisotopic (exact) mass is 360 g/mol. The predicted molar refractivity (Wildman–Crippen MR) is 85.2 cm³/mol. The molecule has 1 saturated heterocycles. The summed E-state index contributed by atoms with van der Waals surface area (Å²) in [6, 6.07) is 3.52. The average Bonchev–Trinajstić information content (AvgIpc) is 2.46. The third-order valence-corrected chi connectivity index (χ3v) is 4.62. The highest BCUT2D eigenvalue weighted by Crippen LogP contribution is 2.26. The van der Waals surface area contributed by atoms with Crippen molar-refractivity contribution in [2.24, 2.45) is 0 Å². The summed E-state index contributed by atoms with van der Waals surface area (Å²) in [6.07, 6.45) is 3.36. The molecule has 1 heterocycles. The van der Waals surface area contributed by atoms with Crippen molar-refractivity contribution in [3.05, 3.63) is 33.8 Å². The van der Waals surface area contributed by atoms with Crippen LogP contribution in [0.1, 0.15) is 38.7 Å². The third-order valence-electron chi connectivity index (χ3n) is 4.01. The van der Waals surface area contributed by atoms with E-state index in [1.54, 1.807) is 0 Å². The van der Waals surface area contributed by atoms with E-state index in [0.717, 1.165) is 25.9 Å². The van der Waals surface area contributed by atoms with E-state index in [2.05, 4.69) is 40.0 Å². The molecule has 5 heteroatoms. The maximum Gasteiger partial charge on any atom is 0.144 e. The fourth-order valence-electron chi connectivity index (χ4n) is 2.79. The van der Waals surface area contributed by atoms with Gasteiger partial charge < -0.3 is 5.32 Å². The molecule has 0 aliphatic carbocycles. The molecule has 1 aliphatic rings. The Morgan fingerprint density at radius 3 is 2.81 bits per heavy atom. The lowest BCUT2D eigenvalue weighted by Crippen LogP contribution is -2.46. The van der Waals surface area contributed by atoms with Gasteiger partial charge in [-0.1, -0.05) is 20.3 Å². The molecule has 0 radical (unpaired) electrons. The van der Waals surface area contributed by atoms with Gasteiger partial charge in [0.05, 0.1) is 4.47 Å². The Morgan fingerprint density at radius 1 is 1.33 bits per heavy atom. The molecular weight excluding hydrogens is 338 g/mol. The van der Waals surface area contributed by atoms with Crippen molar-refractivity contribution in [3.8, 4) is 0 Å². The van der Waals surface area contributed by atoms with Crippen molar-refractivity contribution in [2.45, 2.75) is 51.7 Å². The van der Waals surface area contributed by atoms with Crippen LogP contribution in [0.4, 0.5) is 8.78 Å². The van der Waals surface area contributed by atoms with Crippen LogP contribution < -0.4 is 5.32 Å². The maximum atomic E-state index is 14.1. The highest BCUT2D eigenvalue weighted by Gasteiger charge is 2.25. The molecule has 0 bridgehead atoms. The second-order valence-electron chi connectivity index (χ2n) is 6.00. The first-order valence-corrected chi connectivity index (χ1v) is 8.38. The van der Waals surface area contributed by atoms with Crippen LogP contribution in [-0.4, -0.2) is 30.1 Å². The molecule has 1 aliphatic heterocycles. The molecule has 0 aromatic heterocycles. The summed E-state index contributed by atoms with van der Waals surface area (Å²) in [5, 5.41) is 3.43. The van der Waals surface area contributed by atoms with E-state index >= 15 is 0 Å². The molecule has 1 aromatic carbocycles. The van der Waals surface area contributed by atoms with Gasteiger partial charge in [0.1, 0.15) is 11.6 Å². The molecule has 0 spiro atoms. The van der Waals surface area contributed by atoms with Crippen molar-refractivity contribution in [1.29, 1.82) is 0 Å². The van der Waals surface area contributed by atoms with Gasteiger partial charge in [-0.2, -0.15) is 0 Å². The van der Waals surface area contributed by atoms with Crippen LogP contribution in [0.2, 0.25) is 0 Å². The van der Waals surface area contributed by atoms with Crippen LogP contribution in [0.25, 0.3) is 0 Å². The Kier molecular flexibility index (Phi) is 6.14. The summed E-state index contributed by atoms with van der Waals surface area (Å²) in [5.41, 5.74) is 0.167. The Bertz CT molecular complexity index is 480. The predicted octanol–water partition coefficient (Wildman–Crippen LogP) is 4.08. The first kappa shape index (κ1) is 16.8. The first-order valence-electron chi connectivity index (χ1n) is 7.59. The van der Waals surface area contributed by atoms with Gasteiger partial charge in [-0.25, -0.2) is 8.78 Å². The molecule has 1 aromatic rings. The molecule has 1 N–H and O–H groups in total. The number of hydrogen-bond donors (Lipinski definition) is 1. The van der Waals surface area contributed by atoms with Crippen LogP contribution in [-0.2, 0) is 6.54 Å². The van der Waals surface area contributed by atoms with E-state index < -0.39 is 11.6 Å². The molecule has 21 heavy (non-hydrogen) atoms. The summed E-state index contributed by atoms with van der Waals surface area (Å²) < 4.78 is 28.4. The Balaban J connectivity index is 2.10. The number of piperidine rings is 1. The summed E-state index contributed by atoms with van der Waals surface area (Å²) in [4.78, 5) is 2.20.